The van der Waals surface area contributed by atoms with E-state index < -0.39 is 70.1 Å². The Bertz CT molecular complexity index is 1360. The Morgan fingerprint density at radius 2 is 1.50 bits per heavy atom. The average molecular weight is 694 g/mol. The van der Waals surface area contributed by atoms with Crippen LogP contribution in [0.15, 0.2) is 41.8 Å². The summed E-state index contributed by atoms with van der Waals surface area (Å²) in [5.41, 5.74) is 0.517. The first-order valence-corrected chi connectivity index (χ1v) is 18.2. The van der Waals surface area contributed by atoms with Crippen molar-refractivity contribution in [2.45, 2.75) is 105 Å². The second-order valence-corrected chi connectivity index (χ2v) is 15.7. The minimum atomic E-state index is -3.43. The fourth-order valence-electron chi connectivity index (χ4n) is 4.30. The number of ether oxygens (including phenoxy) is 1. The molecule has 1 aromatic carbocycles. The first-order valence-electron chi connectivity index (χ1n) is 16.2. The first kappa shape index (κ1) is 42.1. The van der Waals surface area contributed by atoms with Crippen LogP contribution in [0.2, 0.25) is 0 Å². The molecule has 0 saturated heterocycles. The molecule has 0 aromatic heterocycles. The van der Waals surface area contributed by atoms with Crippen molar-refractivity contribution >= 4 is 39.6 Å². The van der Waals surface area contributed by atoms with Crippen LogP contribution in [0.4, 0.5) is 4.79 Å². The SMILES string of the molecule is CC[C@H](C)[C@H](NC(=O)OCc1ccccc1)C(=O)N[C@@H](CC(=O)NCC(C)(C)C)C(=O)N[C@@H](C)C(=O)N[C@H](/C=C/S(C)(=O)=O)CC(C)C. The molecule has 5 amide bonds. The number of amides is 5. The number of nitrogens with one attached hydrogen (secondary N) is 5. The van der Waals surface area contributed by atoms with E-state index in [0.717, 1.165) is 17.2 Å². The molecule has 1 aromatic rings. The summed E-state index contributed by atoms with van der Waals surface area (Å²) in [6.07, 6.45) is 2.12. The Balaban J connectivity index is 3.13. The standard InChI is InChI=1S/C34H55N5O8S/c1-10-23(4)29(39-33(44)47-20-25-14-12-11-13-15-25)32(43)38-27(19-28(40)35-21-34(6,7)8)31(42)36-24(5)30(41)37-26(18-22(2)3)16-17-48(9,45)46/h11-17,22-24,26-27,29H,10,18-21H2,1-9H3,(H,35,40)(H,36,42)(H,37,41)(H,38,43)(H,39,44)/b17-16+/t23-,24-,26+,27-,29-/m0/s1. The van der Waals surface area contributed by atoms with Gasteiger partial charge in [-0.2, -0.15) is 0 Å². The number of carbonyl (C=O) groups is 5. The Kier molecular flexibility index (Phi) is 17.3. The van der Waals surface area contributed by atoms with Gasteiger partial charge in [-0.1, -0.05) is 91.3 Å². The number of alkyl carbamates (subject to hydrolysis) is 1. The molecule has 0 spiro atoms. The third-order valence-electron chi connectivity index (χ3n) is 7.18. The lowest BCUT2D eigenvalue weighted by molar-refractivity contribution is -0.134. The molecule has 0 aliphatic rings. The van der Waals surface area contributed by atoms with E-state index in [9.17, 15) is 32.4 Å². The van der Waals surface area contributed by atoms with Gasteiger partial charge < -0.3 is 31.3 Å². The fourth-order valence-corrected chi connectivity index (χ4v) is 4.78. The molecule has 0 unspecified atom stereocenters. The molecule has 0 aliphatic heterocycles. The normalized spacial score (nSPS) is 15.0. The third kappa shape index (κ3) is 17.8. The lowest BCUT2D eigenvalue weighted by atomic mass is 9.96. The molecule has 0 fully saturated rings. The number of hydrogen-bond acceptors (Lipinski definition) is 8. The van der Waals surface area contributed by atoms with Gasteiger partial charge in [0.05, 0.1) is 6.42 Å². The zero-order chi connectivity index (χ0) is 36.7. The molecule has 48 heavy (non-hydrogen) atoms. The lowest BCUT2D eigenvalue weighted by Crippen LogP contribution is -2.58. The summed E-state index contributed by atoms with van der Waals surface area (Å²) < 4.78 is 28.6. The van der Waals surface area contributed by atoms with Gasteiger partial charge in [-0.3, -0.25) is 19.2 Å². The highest BCUT2D eigenvalue weighted by atomic mass is 32.2. The highest BCUT2D eigenvalue weighted by Crippen LogP contribution is 2.12. The summed E-state index contributed by atoms with van der Waals surface area (Å²) in [7, 11) is -3.43. The van der Waals surface area contributed by atoms with Crippen molar-refractivity contribution in [2.75, 3.05) is 12.8 Å². The van der Waals surface area contributed by atoms with E-state index in [1.54, 1.807) is 31.2 Å². The van der Waals surface area contributed by atoms with Crippen LogP contribution in [0.3, 0.4) is 0 Å². The molecule has 0 heterocycles. The van der Waals surface area contributed by atoms with Gasteiger partial charge >= 0.3 is 6.09 Å². The fraction of sp³-hybridized carbons (Fsp3) is 0.618. The van der Waals surface area contributed by atoms with Crippen LogP contribution in [0.25, 0.3) is 0 Å². The number of carbonyl (C=O) groups excluding carboxylic acids is 5. The predicted molar refractivity (Wildman–Crippen MR) is 185 cm³/mol. The van der Waals surface area contributed by atoms with Gasteiger partial charge in [0.15, 0.2) is 9.84 Å². The highest BCUT2D eigenvalue weighted by molar-refractivity contribution is 7.93. The molecule has 5 atom stereocenters. The van der Waals surface area contributed by atoms with Crippen LogP contribution in [0.5, 0.6) is 0 Å². The number of hydrogen-bond donors (Lipinski definition) is 5. The Hall–Kier alpha value is -3.94. The van der Waals surface area contributed by atoms with Gasteiger partial charge in [-0.15, -0.1) is 0 Å². The smallest absolute Gasteiger partial charge is 0.408 e. The van der Waals surface area contributed by atoms with Gasteiger partial charge in [0.2, 0.25) is 23.6 Å². The van der Waals surface area contributed by atoms with Gasteiger partial charge in [-0.05, 0) is 36.2 Å². The number of sulfone groups is 1. The topological polar surface area (TPSA) is 189 Å². The van der Waals surface area contributed by atoms with Crippen LogP contribution < -0.4 is 26.6 Å². The molecule has 270 valence electrons. The first-order chi connectivity index (χ1) is 22.2. The maximum absolute atomic E-state index is 13.6. The molecule has 0 radical (unpaired) electrons. The zero-order valence-electron chi connectivity index (χ0n) is 29.7. The van der Waals surface area contributed by atoms with E-state index in [0.29, 0.717) is 19.4 Å². The largest absolute Gasteiger partial charge is 0.445 e. The maximum Gasteiger partial charge on any atom is 0.408 e. The number of rotatable bonds is 18. The Labute approximate surface area is 285 Å². The third-order valence-corrected chi connectivity index (χ3v) is 7.83. The second-order valence-electron chi connectivity index (χ2n) is 13.8. The Morgan fingerprint density at radius 1 is 0.875 bits per heavy atom. The number of benzene rings is 1. The van der Waals surface area contributed by atoms with Crippen molar-refractivity contribution in [3.05, 3.63) is 47.4 Å². The van der Waals surface area contributed by atoms with Gasteiger partial charge in [0, 0.05) is 24.3 Å². The van der Waals surface area contributed by atoms with Crippen molar-refractivity contribution in [3.63, 3.8) is 0 Å². The lowest BCUT2D eigenvalue weighted by Gasteiger charge is -2.27. The summed E-state index contributed by atoms with van der Waals surface area (Å²) in [5.74, 6) is -2.83. The van der Waals surface area contributed by atoms with Gasteiger partial charge in [0.1, 0.15) is 24.7 Å². The van der Waals surface area contributed by atoms with Crippen molar-refractivity contribution < 1.29 is 37.1 Å². The second kappa shape index (κ2) is 19.8. The van der Waals surface area contributed by atoms with E-state index in [-0.39, 0.29) is 23.9 Å². The van der Waals surface area contributed by atoms with Crippen LogP contribution in [0, 0.1) is 17.3 Å². The van der Waals surface area contributed by atoms with Crippen molar-refractivity contribution in [2.24, 2.45) is 17.3 Å². The molecule has 0 bridgehead atoms. The molecule has 5 N–H and O–H groups in total. The predicted octanol–water partition coefficient (Wildman–Crippen LogP) is 2.96. The quantitative estimate of drug-likeness (QED) is 0.155. The average Bonchev–Trinajstić information content (AvgIpc) is 2.99. The van der Waals surface area contributed by atoms with Crippen molar-refractivity contribution in [3.8, 4) is 0 Å². The molecule has 13 nitrogen and oxygen atoms in total. The van der Waals surface area contributed by atoms with Gasteiger partial charge in [0.25, 0.3) is 0 Å². The zero-order valence-corrected chi connectivity index (χ0v) is 30.5. The molecule has 1 rings (SSSR count). The van der Waals surface area contributed by atoms with Gasteiger partial charge in [-0.25, -0.2) is 13.2 Å². The summed E-state index contributed by atoms with van der Waals surface area (Å²) >= 11 is 0. The molecule has 14 heteroatoms. The van der Waals surface area contributed by atoms with Crippen molar-refractivity contribution in [1.82, 2.24) is 26.6 Å². The monoisotopic (exact) mass is 693 g/mol. The minimum Gasteiger partial charge on any atom is -0.445 e. The van der Waals surface area contributed by atoms with E-state index in [4.69, 9.17) is 4.74 Å². The van der Waals surface area contributed by atoms with Crippen molar-refractivity contribution in [1.29, 1.82) is 0 Å². The maximum atomic E-state index is 13.6. The van der Waals surface area contributed by atoms with Crippen LogP contribution in [0.1, 0.15) is 80.2 Å². The van der Waals surface area contributed by atoms with E-state index >= 15 is 0 Å². The van der Waals surface area contributed by atoms with E-state index in [1.807, 2.05) is 47.6 Å². The molecular formula is C34H55N5O8S. The Morgan fingerprint density at radius 3 is 2.04 bits per heavy atom. The summed E-state index contributed by atoms with van der Waals surface area (Å²) in [6.45, 7) is 14.9. The highest BCUT2D eigenvalue weighted by Gasteiger charge is 2.33. The summed E-state index contributed by atoms with van der Waals surface area (Å²) in [4.78, 5) is 65.7. The molecule has 0 aliphatic carbocycles. The molecule has 0 saturated carbocycles. The van der Waals surface area contributed by atoms with Crippen LogP contribution in [-0.4, -0.2) is 75.1 Å². The van der Waals surface area contributed by atoms with Crippen LogP contribution >= 0.6 is 0 Å². The van der Waals surface area contributed by atoms with Crippen LogP contribution in [-0.2, 0) is 40.4 Å². The van der Waals surface area contributed by atoms with E-state index in [2.05, 4.69) is 26.6 Å². The summed E-state index contributed by atoms with van der Waals surface area (Å²) in [6, 6.07) is 4.82. The minimum absolute atomic E-state index is 0.0114. The molecular weight excluding hydrogens is 638 g/mol. The summed E-state index contributed by atoms with van der Waals surface area (Å²) in [5, 5.41) is 14.2. The van der Waals surface area contributed by atoms with E-state index in [1.165, 1.54) is 13.0 Å².